The minimum Gasteiger partial charge on any atom is -0.394 e. The molecule has 0 bridgehead atoms. The van der Waals surface area contributed by atoms with Crippen molar-refractivity contribution in [3.05, 3.63) is 70.6 Å². The first-order valence-corrected chi connectivity index (χ1v) is 9.96. The number of alkyl halides is 3. The number of hydrogen-bond acceptors (Lipinski definition) is 4. The van der Waals surface area contributed by atoms with Crippen LogP contribution in [0.1, 0.15) is 42.9 Å². The molecule has 0 aliphatic rings. The molecule has 0 radical (unpaired) electrons. The summed E-state index contributed by atoms with van der Waals surface area (Å²) in [5.41, 5.74) is 0.846. The summed E-state index contributed by atoms with van der Waals surface area (Å²) in [5.74, 6) is -0.125. The average molecular weight is 468 g/mol. The average Bonchev–Trinajstić information content (AvgIpc) is 3.22. The van der Waals surface area contributed by atoms with E-state index in [1.807, 2.05) is 0 Å². The van der Waals surface area contributed by atoms with Gasteiger partial charge < -0.3 is 20.7 Å². The smallest absolute Gasteiger partial charge is 0.394 e. The molecule has 0 saturated heterocycles. The molecule has 1 atom stereocenters. The van der Waals surface area contributed by atoms with E-state index in [0.29, 0.717) is 27.5 Å². The van der Waals surface area contributed by atoms with Crippen LogP contribution in [0.25, 0.3) is 11.1 Å². The van der Waals surface area contributed by atoms with Crippen LogP contribution in [0.4, 0.5) is 19.0 Å². The van der Waals surface area contributed by atoms with E-state index in [4.69, 9.17) is 13.0 Å². The number of anilines is 1. The summed E-state index contributed by atoms with van der Waals surface area (Å²) >= 11 is 6.26. The number of carbonyl (C=O) groups is 1. The van der Waals surface area contributed by atoms with Gasteiger partial charge in [-0.1, -0.05) is 23.7 Å². The maximum Gasteiger partial charge on any atom is 0.416 e. The number of halogens is 4. The van der Waals surface area contributed by atoms with Crippen LogP contribution in [-0.2, 0) is 6.18 Å². The van der Waals surface area contributed by atoms with Crippen molar-refractivity contribution in [1.29, 1.82) is 0 Å². The van der Waals surface area contributed by atoms with Crippen molar-refractivity contribution < 1.29 is 24.4 Å². The van der Waals surface area contributed by atoms with Crippen LogP contribution in [0.2, 0.25) is 5.02 Å². The van der Waals surface area contributed by atoms with Crippen LogP contribution < -0.4 is 10.6 Å². The summed E-state index contributed by atoms with van der Waals surface area (Å²) in [6.45, 7) is 2.82. The fourth-order valence-electron chi connectivity index (χ4n) is 3.04. The van der Waals surface area contributed by atoms with Crippen LogP contribution >= 0.6 is 11.6 Å². The van der Waals surface area contributed by atoms with E-state index in [9.17, 15) is 23.1 Å². The van der Waals surface area contributed by atoms with Gasteiger partial charge in [0, 0.05) is 29.5 Å². The largest absolute Gasteiger partial charge is 0.416 e. The zero-order valence-corrected chi connectivity index (χ0v) is 18.0. The van der Waals surface area contributed by atoms with E-state index in [0.717, 1.165) is 12.1 Å². The summed E-state index contributed by atoms with van der Waals surface area (Å²) in [6, 6.07) is 5.56. The highest BCUT2D eigenvalue weighted by Gasteiger charge is 2.30. The Morgan fingerprint density at radius 1 is 1.28 bits per heavy atom. The molecule has 0 fully saturated rings. The lowest BCUT2D eigenvalue weighted by Gasteiger charge is -2.17. The number of aromatic amines is 1. The van der Waals surface area contributed by atoms with Crippen molar-refractivity contribution in [2.75, 3.05) is 11.9 Å². The zero-order chi connectivity index (χ0) is 24.4. The highest BCUT2D eigenvalue weighted by Crippen LogP contribution is 2.31. The lowest BCUT2D eigenvalue weighted by Crippen LogP contribution is -2.31. The van der Waals surface area contributed by atoms with Crippen LogP contribution in [0.3, 0.4) is 0 Å². The van der Waals surface area contributed by atoms with Crippen molar-refractivity contribution in [3.63, 3.8) is 0 Å². The van der Waals surface area contributed by atoms with Crippen LogP contribution in [-0.4, -0.2) is 33.6 Å². The Hall–Kier alpha value is -3.04. The normalized spacial score (nSPS) is 13.4. The van der Waals surface area contributed by atoms with Crippen LogP contribution in [0.15, 0.2) is 48.8 Å². The molecule has 0 aliphatic carbocycles. The topological polar surface area (TPSA) is 90.0 Å². The maximum atomic E-state index is 12.8. The molecule has 4 N–H and O–H groups in total. The van der Waals surface area contributed by atoms with Gasteiger partial charge >= 0.3 is 6.18 Å². The number of hydrogen-bond donors (Lipinski definition) is 4. The summed E-state index contributed by atoms with van der Waals surface area (Å²) in [6.07, 6.45) is -1.47. The molecule has 32 heavy (non-hydrogen) atoms. The van der Waals surface area contributed by atoms with Crippen molar-refractivity contribution >= 4 is 23.3 Å². The molecule has 6 nitrogen and oxygen atoms in total. The van der Waals surface area contributed by atoms with Crippen LogP contribution in [0.5, 0.6) is 0 Å². The number of pyridine rings is 1. The fraction of sp³-hybridized carbons (Fsp3) is 0.273. The molecule has 2 heterocycles. The molecule has 3 aromatic rings. The predicted octanol–water partition coefficient (Wildman–Crippen LogP) is 5.03. The van der Waals surface area contributed by atoms with Gasteiger partial charge in [-0.05, 0) is 43.7 Å². The second kappa shape index (κ2) is 9.62. The molecule has 0 aliphatic heterocycles. The second-order valence-electron chi connectivity index (χ2n) is 7.30. The number of aromatic nitrogens is 2. The number of carbonyl (C=O) groups excluding carboxylic acids is 1. The van der Waals surface area contributed by atoms with Crippen molar-refractivity contribution in [2.45, 2.75) is 32.1 Å². The Bertz CT molecular complexity index is 1130. The number of rotatable bonds is 7. The lowest BCUT2D eigenvalue weighted by atomic mass is 10.0. The standard InChI is InChI=1S/C22H22ClF3N4O2/c1-12(2)29-20-8-16(17(23)10-28-20)14-7-18(27-9-14)21(32)30-19(11-31)13-3-5-15(6-4-13)22(24,25)26/h3-10,12,19,27,31H,11H2,1-2H3,(H,28,29)(H,30,32)/t19-/m1/s1/i12D. The zero-order valence-electron chi connectivity index (χ0n) is 18.2. The summed E-state index contributed by atoms with van der Waals surface area (Å²) in [7, 11) is 0. The van der Waals surface area contributed by atoms with E-state index in [2.05, 4.69) is 20.6 Å². The SMILES string of the molecule is [2H]C(C)(C)Nc1cc(-c2c[nH]c(C(=O)N[C@H](CO)c3ccc(C(F)(F)F)cc3)c2)c(Cl)cn1. The minimum absolute atomic E-state index is 0.165. The predicted molar refractivity (Wildman–Crippen MR) is 117 cm³/mol. The molecule has 1 aromatic carbocycles. The van der Waals surface area contributed by atoms with Crippen molar-refractivity contribution in [1.82, 2.24) is 15.3 Å². The maximum absolute atomic E-state index is 12.8. The third-order valence-corrected chi connectivity index (χ3v) is 4.90. The number of nitrogens with one attached hydrogen (secondary N) is 3. The monoisotopic (exact) mass is 467 g/mol. The molecule has 0 spiro atoms. The van der Waals surface area contributed by atoms with Gasteiger partial charge in [-0.3, -0.25) is 4.79 Å². The van der Waals surface area contributed by atoms with Crippen molar-refractivity contribution in [2.24, 2.45) is 0 Å². The van der Waals surface area contributed by atoms with E-state index < -0.39 is 36.3 Å². The number of aliphatic hydroxyl groups excluding tert-OH is 1. The highest BCUT2D eigenvalue weighted by atomic mass is 35.5. The Morgan fingerprint density at radius 3 is 2.56 bits per heavy atom. The highest BCUT2D eigenvalue weighted by molar-refractivity contribution is 6.33. The lowest BCUT2D eigenvalue weighted by molar-refractivity contribution is -0.137. The summed E-state index contributed by atoms with van der Waals surface area (Å²) in [4.78, 5) is 19.7. The van der Waals surface area contributed by atoms with Gasteiger partial charge in [-0.15, -0.1) is 0 Å². The molecule has 10 heteroatoms. The van der Waals surface area contributed by atoms with E-state index in [-0.39, 0.29) is 5.69 Å². The first-order chi connectivity index (χ1) is 15.4. The third-order valence-electron chi connectivity index (χ3n) is 4.60. The van der Waals surface area contributed by atoms with Gasteiger partial charge in [-0.25, -0.2) is 4.98 Å². The van der Waals surface area contributed by atoms with Crippen LogP contribution in [0, 0.1) is 0 Å². The number of amides is 1. The van der Waals surface area contributed by atoms with Gasteiger partial charge in [0.25, 0.3) is 5.91 Å². The first-order valence-electron chi connectivity index (χ1n) is 10.1. The molecular formula is C22H22ClF3N4O2. The molecule has 170 valence electrons. The Kier molecular flexibility index (Phi) is 6.66. The Morgan fingerprint density at radius 2 is 1.97 bits per heavy atom. The Labute approximate surface area is 189 Å². The number of benzene rings is 1. The third kappa shape index (κ3) is 5.60. The van der Waals surface area contributed by atoms with Crippen molar-refractivity contribution in [3.8, 4) is 11.1 Å². The number of H-pyrrole nitrogens is 1. The summed E-state index contributed by atoms with van der Waals surface area (Å²) in [5, 5.41) is 15.5. The number of nitrogens with zero attached hydrogens (tertiary/aromatic N) is 1. The van der Waals surface area contributed by atoms with E-state index in [1.165, 1.54) is 18.3 Å². The first kappa shape index (κ1) is 22.2. The van der Waals surface area contributed by atoms with E-state index in [1.54, 1.807) is 32.2 Å². The molecule has 1 amide bonds. The van der Waals surface area contributed by atoms with Gasteiger partial charge in [0.15, 0.2) is 0 Å². The van der Waals surface area contributed by atoms with Gasteiger partial charge in [0.05, 0.1) is 24.6 Å². The minimum atomic E-state index is -4.48. The summed E-state index contributed by atoms with van der Waals surface area (Å²) < 4.78 is 46.2. The Balaban J connectivity index is 1.77. The molecule has 2 aromatic heterocycles. The second-order valence-corrected chi connectivity index (χ2v) is 7.71. The van der Waals surface area contributed by atoms with Gasteiger partial charge in [0.1, 0.15) is 11.5 Å². The quantitative estimate of drug-likeness (QED) is 0.392. The number of aliphatic hydroxyl groups is 1. The molecular weight excluding hydrogens is 445 g/mol. The molecule has 0 unspecified atom stereocenters. The molecule has 3 rings (SSSR count). The van der Waals surface area contributed by atoms with E-state index >= 15 is 0 Å². The molecule has 0 saturated carbocycles. The fourth-order valence-corrected chi connectivity index (χ4v) is 3.25. The van der Waals surface area contributed by atoms with Gasteiger partial charge in [-0.2, -0.15) is 13.2 Å². The van der Waals surface area contributed by atoms with Gasteiger partial charge in [0.2, 0.25) is 0 Å².